The zero-order valence-electron chi connectivity index (χ0n) is 64.6. The van der Waals surface area contributed by atoms with Crippen LogP contribution >= 0.6 is 0 Å². The number of methoxy groups -OCH3 is 4. The Morgan fingerprint density at radius 2 is 0.838 bits per heavy atom. The zero-order valence-corrected chi connectivity index (χ0v) is 64.6. The molecule has 0 bridgehead atoms. The quantitative estimate of drug-likeness (QED) is 0.0128. The number of nitrogens with one attached hydrogen (secondary N) is 7. The van der Waals surface area contributed by atoms with E-state index < -0.39 is 11.9 Å². The molecule has 13 rings (SSSR count). The Kier molecular flexibility index (Phi) is 29.9. The number of ether oxygens (including phenoxy) is 6. The fraction of sp³-hybridized carbons (Fsp3) is 0.250. The van der Waals surface area contributed by atoms with Crippen LogP contribution in [0.5, 0.6) is 23.5 Å². The van der Waals surface area contributed by atoms with E-state index in [1.165, 1.54) is 30.8 Å². The maximum Gasteiger partial charge on any atom is 0.350 e. The van der Waals surface area contributed by atoms with Crippen LogP contribution in [0.15, 0.2) is 182 Å². The summed E-state index contributed by atoms with van der Waals surface area (Å²) in [6, 6.07) is 52.8. The van der Waals surface area contributed by atoms with E-state index in [0.717, 1.165) is 119 Å². The molecule has 1 amide bonds. The second kappa shape index (κ2) is 40.6. The molecular weight excluding hydrogens is 1410 g/mol. The molecule has 0 aliphatic heterocycles. The summed E-state index contributed by atoms with van der Waals surface area (Å²) in [6.45, 7) is 14.9. The molecule has 0 aliphatic carbocycles. The van der Waals surface area contributed by atoms with Crippen molar-refractivity contribution in [3.8, 4) is 23.5 Å². The van der Waals surface area contributed by atoms with Crippen molar-refractivity contribution in [2.45, 2.75) is 73.1 Å². The minimum Gasteiger partial charge on any atom is -0.480 e. The average Bonchev–Trinajstić information content (AvgIpc) is 1.75. The highest BCUT2D eigenvalue weighted by molar-refractivity contribution is 5.99. The summed E-state index contributed by atoms with van der Waals surface area (Å²) in [5, 5.41) is 38.0. The summed E-state index contributed by atoms with van der Waals surface area (Å²) in [7, 11) is 11.5. The Morgan fingerprint density at radius 3 is 1.25 bits per heavy atom. The Hall–Kier alpha value is -13.3. The number of rotatable bonds is 24. The number of esters is 2. The summed E-state index contributed by atoms with van der Waals surface area (Å²) in [5.74, 6) is 1.11. The molecule has 0 radical (unpaired) electrons. The van der Waals surface area contributed by atoms with Gasteiger partial charge in [0.2, 0.25) is 29.4 Å². The molecule has 2 atom stereocenters. The van der Waals surface area contributed by atoms with Crippen LogP contribution in [0.3, 0.4) is 0 Å². The number of amides is 1. The van der Waals surface area contributed by atoms with E-state index in [0.29, 0.717) is 65.7 Å². The van der Waals surface area contributed by atoms with E-state index >= 15 is 0 Å². The monoisotopic (exact) mass is 1500 g/mol. The van der Waals surface area contributed by atoms with Crippen molar-refractivity contribution in [2.24, 2.45) is 0 Å². The number of aromatic amines is 4. The number of hydrogen-bond acceptors (Lipinski definition) is 22. The first-order valence-corrected chi connectivity index (χ1v) is 35.8. The number of carbonyl (C=O) groups is 4. The standard InChI is InChI=1S/C19H19N3O3.C18H18N4O3.C18H20N4O2.C18H22N4O.C11H13NO2/c1-4-25-18(23)11-15(16-7-5-6-12(2)20-16)13-8-9-14-17(10-13)21-22-19(14)24-3;1-11-5-4-6-15(20-11)14(10-17(23)25-19-2)12-7-8-13-16(9-12)21-22-18(13)24-3;1-11-5-4-6-15(20-11)14(10-17(23)19-2)12-7-8-13-16(9-12)21-22-18(13)24-3;1-12-5-4-6-16(20-12)14(9-10-19-2)13-7-8-15-17(11-13)21-22-18(15)23-3;1-3-14-11(13)8-7-10-6-4-5-9(2)12-10/h5-11H,4H2,1-3H3,(H,21,22);4-10,19H,1-3H3,(H,21,22);4-9,14H,10H2,1-3H3,(H,19,23)(H,21,22);4-8,11,14,19H,9-10H2,1-3H3,(H,21,22);4-8H,3H2,1-2H3/b15-11-;14-10-;;;8-7+. The third-order valence-corrected chi connectivity index (χ3v) is 17.2. The molecule has 9 aromatic heterocycles. The highest BCUT2D eigenvalue weighted by Crippen LogP contribution is 2.35. The predicted octanol–water partition coefficient (Wildman–Crippen LogP) is 13.2. The number of pyridine rings is 5. The van der Waals surface area contributed by atoms with Crippen LogP contribution in [0.25, 0.3) is 60.8 Å². The molecule has 574 valence electrons. The van der Waals surface area contributed by atoms with Gasteiger partial charge in [-0.2, -0.15) is 5.48 Å². The largest absolute Gasteiger partial charge is 0.480 e. The number of carbonyl (C=O) groups excluding carboxylic acids is 4. The van der Waals surface area contributed by atoms with Crippen LogP contribution in [0, 0.1) is 34.6 Å². The van der Waals surface area contributed by atoms with Crippen molar-refractivity contribution in [1.82, 2.24) is 81.8 Å². The number of benzene rings is 4. The summed E-state index contributed by atoms with van der Waals surface area (Å²) < 4.78 is 30.7. The van der Waals surface area contributed by atoms with Crippen LogP contribution in [0.1, 0.15) is 118 Å². The summed E-state index contributed by atoms with van der Waals surface area (Å²) in [6.07, 6.45) is 7.23. The Balaban J connectivity index is 0.000000161. The van der Waals surface area contributed by atoms with Crippen LogP contribution in [0.4, 0.5) is 0 Å². The van der Waals surface area contributed by atoms with Gasteiger partial charge in [-0.25, -0.2) is 14.4 Å². The molecule has 27 nitrogen and oxygen atoms in total. The van der Waals surface area contributed by atoms with E-state index in [9.17, 15) is 19.2 Å². The highest BCUT2D eigenvalue weighted by atomic mass is 16.7. The number of hydroxylamine groups is 1. The van der Waals surface area contributed by atoms with Gasteiger partial charge in [0, 0.05) is 102 Å². The molecule has 4 aromatic carbocycles. The molecule has 27 heteroatoms. The number of hydrogen-bond donors (Lipinski definition) is 7. The lowest BCUT2D eigenvalue weighted by molar-refractivity contribution is -0.143. The first kappa shape index (κ1) is 81.8. The Bertz CT molecular complexity index is 5250. The average molecular weight is 1500 g/mol. The first-order chi connectivity index (χ1) is 53.8. The van der Waals surface area contributed by atoms with Crippen LogP contribution in [-0.2, 0) is 33.5 Å². The summed E-state index contributed by atoms with van der Waals surface area (Å²) in [4.78, 5) is 74.4. The lowest BCUT2D eigenvalue weighted by Gasteiger charge is -2.17. The molecule has 2 unspecified atom stereocenters. The van der Waals surface area contributed by atoms with E-state index in [4.69, 9.17) is 38.2 Å². The van der Waals surface area contributed by atoms with Gasteiger partial charge in [-0.15, -0.1) is 20.4 Å². The number of nitrogens with zero attached hydrogens (tertiary/aromatic N) is 9. The molecular formula is C84H92N16O11. The van der Waals surface area contributed by atoms with Crippen molar-refractivity contribution in [3.05, 3.63) is 261 Å². The van der Waals surface area contributed by atoms with Gasteiger partial charge >= 0.3 is 17.9 Å². The van der Waals surface area contributed by atoms with Gasteiger partial charge in [0.1, 0.15) is 0 Å². The van der Waals surface area contributed by atoms with Gasteiger partial charge < -0.3 is 43.9 Å². The van der Waals surface area contributed by atoms with Crippen LogP contribution < -0.4 is 35.1 Å². The second-order valence-electron chi connectivity index (χ2n) is 25.0. The molecule has 0 spiro atoms. The third-order valence-electron chi connectivity index (χ3n) is 17.2. The normalized spacial score (nSPS) is 11.7. The maximum absolute atomic E-state index is 12.0. The van der Waals surface area contributed by atoms with Gasteiger partial charge in [0.05, 0.1) is 102 Å². The van der Waals surface area contributed by atoms with Gasteiger partial charge in [-0.3, -0.25) is 50.1 Å². The number of fused-ring (bicyclic) bond motifs is 4. The van der Waals surface area contributed by atoms with Gasteiger partial charge in [-0.05, 0) is 206 Å². The van der Waals surface area contributed by atoms with Gasteiger partial charge in [-0.1, -0.05) is 54.6 Å². The number of H-pyrrole nitrogens is 4. The van der Waals surface area contributed by atoms with E-state index in [-0.39, 0.29) is 23.7 Å². The predicted molar refractivity (Wildman–Crippen MR) is 428 cm³/mol. The molecule has 0 saturated carbocycles. The minimum atomic E-state index is -0.511. The number of aromatic nitrogens is 13. The van der Waals surface area contributed by atoms with Crippen molar-refractivity contribution in [3.63, 3.8) is 0 Å². The van der Waals surface area contributed by atoms with E-state index in [1.54, 1.807) is 55.4 Å². The van der Waals surface area contributed by atoms with E-state index in [1.807, 2.05) is 175 Å². The zero-order chi connectivity index (χ0) is 79.3. The van der Waals surface area contributed by atoms with Crippen LogP contribution in [-0.4, -0.2) is 159 Å². The molecule has 0 fully saturated rings. The molecule has 9 heterocycles. The second-order valence-corrected chi connectivity index (χ2v) is 25.0. The summed E-state index contributed by atoms with van der Waals surface area (Å²) in [5.41, 5.74) is 19.9. The van der Waals surface area contributed by atoms with Crippen molar-refractivity contribution < 1.29 is 52.4 Å². The molecule has 0 aliphatic rings. The first-order valence-electron chi connectivity index (χ1n) is 35.8. The smallest absolute Gasteiger partial charge is 0.350 e. The van der Waals surface area contributed by atoms with Crippen molar-refractivity contribution in [2.75, 3.05) is 69.3 Å². The maximum atomic E-state index is 12.0. The fourth-order valence-corrected chi connectivity index (χ4v) is 11.9. The van der Waals surface area contributed by atoms with Crippen molar-refractivity contribution in [1.29, 1.82) is 0 Å². The van der Waals surface area contributed by atoms with E-state index in [2.05, 4.69) is 107 Å². The Labute approximate surface area is 643 Å². The SMILES string of the molecule is CCOC(=O)/C=C(/c1ccc2c(OC)n[nH]c2c1)c1cccc(C)n1.CCOC(=O)/C=C/c1cccc(C)n1.CNC(=O)CC(c1ccc2c(OC)n[nH]c2c1)c1cccc(C)n1.CNCCC(c1ccc2c(OC)n[nH]c2c1)c1cccc(C)n1.CNOC(=O)/C=C(/c1ccc2c(OC)n[nH]c2c1)c1cccc(C)n1. The molecule has 0 saturated heterocycles. The summed E-state index contributed by atoms with van der Waals surface area (Å²) >= 11 is 0. The third kappa shape index (κ3) is 22.4. The lowest BCUT2D eigenvalue weighted by atomic mass is 9.91. The Morgan fingerprint density at radius 1 is 0.441 bits per heavy atom. The number of aryl methyl sites for hydroxylation is 5. The highest BCUT2D eigenvalue weighted by Gasteiger charge is 2.23. The molecule has 111 heavy (non-hydrogen) atoms. The molecule has 13 aromatic rings. The van der Waals surface area contributed by atoms with Gasteiger partial charge in [0.15, 0.2) is 0 Å². The fourth-order valence-electron chi connectivity index (χ4n) is 11.9. The van der Waals surface area contributed by atoms with Crippen molar-refractivity contribution >= 4 is 84.6 Å². The minimum absolute atomic E-state index is 0.0226. The lowest BCUT2D eigenvalue weighted by Crippen LogP contribution is -2.21. The molecule has 7 N–H and O–H groups in total. The van der Waals surface area contributed by atoms with Crippen LogP contribution in [0.2, 0.25) is 0 Å². The topological polar surface area (TPSA) is 348 Å². The van der Waals surface area contributed by atoms with Gasteiger partial charge in [0.25, 0.3) is 0 Å².